The summed E-state index contributed by atoms with van der Waals surface area (Å²) in [6.45, 7) is 13.7. The van der Waals surface area contributed by atoms with Gasteiger partial charge < -0.3 is 9.80 Å². The predicted octanol–water partition coefficient (Wildman–Crippen LogP) is 11.8. The summed E-state index contributed by atoms with van der Waals surface area (Å²) in [6.07, 6.45) is 10.7. The molecule has 2 aromatic carbocycles. The average molecular weight is 717 g/mol. The number of rotatable bonds is 4. The summed E-state index contributed by atoms with van der Waals surface area (Å²) in [7, 11) is 0. The molecule has 0 N–H and O–H groups in total. The molecule has 0 bridgehead atoms. The van der Waals surface area contributed by atoms with Crippen LogP contribution in [0.2, 0.25) is 0 Å². The highest BCUT2D eigenvalue weighted by atomic mass is 79.9. The van der Waals surface area contributed by atoms with Crippen LogP contribution in [0.5, 0.6) is 0 Å². The molecule has 0 fully saturated rings. The van der Waals surface area contributed by atoms with E-state index < -0.39 is 0 Å². The number of benzene rings is 2. The number of hydrogen-bond acceptors (Lipinski definition) is 2. The molecule has 45 heavy (non-hydrogen) atoms. The van der Waals surface area contributed by atoms with Gasteiger partial charge in [-0.25, -0.2) is 0 Å². The maximum Gasteiger partial charge on any atom is 0.0545 e. The molecule has 8 rings (SSSR count). The standard InChI is InChI=1S/C41H36Br2N2/c1-22-17-34-32(20-36-38(40(34)42)24(3)26(5)44(36)28-13-9-7-10-14-28)30(22)19-31-23(2)18-35-33(31)21-37-39(41(35)43)25(4)27(6)45(37)29-15-11-8-12-16-29/h7-18,20-21,38-39H,19H2,1-6H3. The Balaban J connectivity index is 1.25. The van der Waals surface area contributed by atoms with Gasteiger partial charge in [0.1, 0.15) is 0 Å². The highest BCUT2D eigenvalue weighted by Crippen LogP contribution is 2.56. The predicted molar refractivity (Wildman–Crippen MR) is 196 cm³/mol. The van der Waals surface area contributed by atoms with E-state index in [9.17, 15) is 0 Å². The molecule has 2 aliphatic heterocycles. The SMILES string of the molecule is CC1=CC2=C(Br)C3C(=CC2=C1CC1=C2C=C4C(C(C)=C(C)N4c4ccccc4)C(Br)=C2C=C1C)N(c1ccccc1)C(C)=C3C. The zero-order valence-electron chi connectivity index (χ0n) is 26.6. The summed E-state index contributed by atoms with van der Waals surface area (Å²) < 4.78 is 2.56. The molecular weight excluding hydrogens is 680 g/mol. The molecule has 0 amide bonds. The van der Waals surface area contributed by atoms with Gasteiger partial charge in [0.05, 0.1) is 11.8 Å². The molecule has 0 saturated carbocycles. The van der Waals surface area contributed by atoms with Crippen LogP contribution in [0.25, 0.3) is 0 Å². The van der Waals surface area contributed by atoms with E-state index in [1.807, 2.05) is 0 Å². The largest absolute Gasteiger partial charge is 0.317 e. The number of halogens is 2. The van der Waals surface area contributed by atoms with Crippen LogP contribution in [0.4, 0.5) is 11.4 Å². The second-order valence-corrected chi connectivity index (χ2v) is 14.7. The zero-order chi connectivity index (χ0) is 31.3. The summed E-state index contributed by atoms with van der Waals surface area (Å²) in [5.41, 5.74) is 21.5. The molecule has 0 spiro atoms. The van der Waals surface area contributed by atoms with E-state index in [4.69, 9.17) is 0 Å². The highest BCUT2D eigenvalue weighted by Gasteiger charge is 2.42. The Labute approximate surface area is 283 Å². The van der Waals surface area contributed by atoms with Crippen molar-refractivity contribution < 1.29 is 0 Å². The Morgan fingerprint density at radius 2 is 0.889 bits per heavy atom. The van der Waals surface area contributed by atoms with E-state index in [2.05, 4.69) is 168 Å². The van der Waals surface area contributed by atoms with Crippen molar-refractivity contribution >= 4 is 43.2 Å². The van der Waals surface area contributed by atoms with Gasteiger partial charge >= 0.3 is 0 Å². The number of hydrogen-bond donors (Lipinski definition) is 0. The zero-order valence-corrected chi connectivity index (χ0v) is 29.8. The van der Waals surface area contributed by atoms with Crippen molar-refractivity contribution in [3.8, 4) is 0 Å². The number of nitrogens with zero attached hydrogens (tertiary/aromatic N) is 2. The molecule has 4 heteroatoms. The first-order chi connectivity index (χ1) is 21.7. The average Bonchev–Trinajstić information content (AvgIpc) is 3.69. The third-order valence-electron chi connectivity index (χ3n) is 10.7. The Morgan fingerprint density at radius 1 is 0.511 bits per heavy atom. The number of allylic oxidation sites excluding steroid dienone is 16. The number of fused-ring (bicyclic) bond motifs is 4. The number of anilines is 2. The molecule has 4 aliphatic carbocycles. The van der Waals surface area contributed by atoms with Crippen molar-refractivity contribution in [2.75, 3.05) is 9.80 Å². The minimum absolute atomic E-state index is 0.248. The van der Waals surface area contributed by atoms with Crippen LogP contribution >= 0.6 is 31.9 Å². The van der Waals surface area contributed by atoms with E-state index in [0.717, 1.165) is 6.42 Å². The molecule has 0 saturated heterocycles. The summed E-state index contributed by atoms with van der Waals surface area (Å²) >= 11 is 8.25. The summed E-state index contributed by atoms with van der Waals surface area (Å²) in [4.78, 5) is 4.91. The topological polar surface area (TPSA) is 6.48 Å². The van der Waals surface area contributed by atoms with Crippen LogP contribution in [-0.4, -0.2) is 0 Å². The second-order valence-electron chi connectivity index (χ2n) is 13.0. The lowest BCUT2D eigenvalue weighted by Gasteiger charge is -2.29. The third kappa shape index (κ3) is 4.11. The van der Waals surface area contributed by atoms with Gasteiger partial charge in [0.2, 0.25) is 0 Å². The highest BCUT2D eigenvalue weighted by molar-refractivity contribution is 9.12. The Morgan fingerprint density at radius 3 is 1.27 bits per heavy atom. The van der Waals surface area contributed by atoms with Gasteiger partial charge in [-0.2, -0.15) is 0 Å². The summed E-state index contributed by atoms with van der Waals surface area (Å²) in [5, 5.41) is 0. The van der Waals surface area contributed by atoms with Crippen LogP contribution in [-0.2, 0) is 0 Å². The monoisotopic (exact) mass is 714 g/mol. The van der Waals surface area contributed by atoms with E-state index in [1.54, 1.807) is 0 Å². The van der Waals surface area contributed by atoms with Crippen molar-refractivity contribution in [2.45, 2.75) is 48.0 Å². The Hall–Kier alpha value is -3.60. The Bertz CT molecular complexity index is 1890. The molecule has 224 valence electrons. The molecule has 6 aliphatic rings. The van der Waals surface area contributed by atoms with Crippen molar-refractivity contribution in [1.82, 2.24) is 0 Å². The lowest BCUT2D eigenvalue weighted by molar-refractivity contribution is 0.882. The molecule has 2 aromatic rings. The van der Waals surface area contributed by atoms with Gasteiger partial charge in [-0.15, -0.1) is 0 Å². The summed E-state index contributed by atoms with van der Waals surface area (Å²) in [5.74, 6) is 0.497. The summed E-state index contributed by atoms with van der Waals surface area (Å²) in [6, 6.07) is 21.6. The Kier molecular flexibility index (Phi) is 6.71. The maximum absolute atomic E-state index is 4.13. The molecular formula is C41H36Br2N2. The molecule has 2 unspecified atom stereocenters. The van der Waals surface area contributed by atoms with E-state index >= 15 is 0 Å². The maximum atomic E-state index is 4.13. The van der Waals surface area contributed by atoms with Crippen molar-refractivity contribution in [3.63, 3.8) is 0 Å². The van der Waals surface area contributed by atoms with Gasteiger partial charge in [-0.05, 0) is 140 Å². The minimum Gasteiger partial charge on any atom is -0.317 e. The van der Waals surface area contributed by atoms with Crippen molar-refractivity contribution in [3.05, 3.63) is 172 Å². The lowest BCUT2D eigenvalue weighted by atomic mass is 9.84. The van der Waals surface area contributed by atoms with Crippen LogP contribution in [0.15, 0.2) is 172 Å². The van der Waals surface area contributed by atoms with Gasteiger partial charge in [-0.1, -0.05) is 80.4 Å². The fourth-order valence-corrected chi connectivity index (χ4v) is 9.94. The smallest absolute Gasteiger partial charge is 0.0545 e. The van der Waals surface area contributed by atoms with Gasteiger partial charge in [-0.3, -0.25) is 0 Å². The number of para-hydroxylation sites is 2. The van der Waals surface area contributed by atoms with Crippen LogP contribution in [0.1, 0.15) is 48.0 Å². The molecule has 2 nitrogen and oxygen atoms in total. The van der Waals surface area contributed by atoms with Gasteiger partial charge in [0.15, 0.2) is 0 Å². The fourth-order valence-electron chi connectivity index (χ4n) is 8.13. The molecule has 0 radical (unpaired) electrons. The van der Waals surface area contributed by atoms with Crippen molar-refractivity contribution in [2.24, 2.45) is 11.8 Å². The van der Waals surface area contributed by atoms with Crippen molar-refractivity contribution in [1.29, 1.82) is 0 Å². The fraction of sp³-hybridized carbons (Fsp3) is 0.220. The lowest BCUT2D eigenvalue weighted by Crippen LogP contribution is -2.21. The normalized spacial score (nSPS) is 24.0. The van der Waals surface area contributed by atoms with Crippen LogP contribution in [0.3, 0.4) is 0 Å². The molecule has 2 heterocycles. The third-order valence-corrected chi connectivity index (χ3v) is 12.4. The van der Waals surface area contributed by atoms with Crippen LogP contribution in [0, 0.1) is 11.8 Å². The van der Waals surface area contributed by atoms with Crippen LogP contribution < -0.4 is 9.80 Å². The first kappa shape index (κ1) is 28.8. The molecule has 2 atom stereocenters. The first-order valence-corrected chi connectivity index (χ1v) is 17.4. The van der Waals surface area contributed by atoms with Gasteiger partial charge in [0.25, 0.3) is 0 Å². The first-order valence-electron chi connectivity index (χ1n) is 15.8. The van der Waals surface area contributed by atoms with E-state index in [0.29, 0.717) is 0 Å². The second kappa shape index (κ2) is 10.5. The minimum atomic E-state index is 0.248. The van der Waals surface area contributed by atoms with E-state index in [1.165, 1.54) is 98.9 Å². The quantitative estimate of drug-likeness (QED) is 0.311. The molecule has 0 aromatic heterocycles. The van der Waals surface area contributed by atoms with E-state index in [-0.39, 0.29) is 11.8 Å². The van der Waals surface area contributed by atoms with Gasteiger partial charge in [0, 0.05) is 43.1 Å².